The van der Waals surface area contributed by atoms with Crippen molar-refractivity contribution in [1.29, 1.82) is 0 Å². The topological polar surface area (TPSA) is 32.8 Å². The zero-order chi connectivity index (χ0) is 18.1. The van der Waals surface area contributed by atoms with Gasteiger partial charge in [0.25, 0.3) is 5.91 Å². The Kier molecular flexibility index (Phi) is 5.00. The van der Waals surface area contributed by atoms with Crippen molar-refractivity contribution in [2.75, 3.05) is 26.7 Å². The van der Waals surface area contributed by atoms with E-state index in [1.54, 1.807) is 7.11 Å². The van der Waals surface area contributed by atoms with Gasteiger partial charge in [0.05, 0.1) is 11.6 Å². The Morgan fingerprint density at radius 2 is 1.96 bits per heavy atom. The Bertz CT molecular complexity index is 823. The van der Waals surface area contributed by atoms with E-state index in [2.05, 4.69) is 45.1 Å². The Morgan fingerprint density at radius 1 is 1.15 bits per heavy atom. The number of carbonyl (C=O) groups is 1. The van der Waals surface area contributed by atoms with Crippen molar-refractivity contribution in [3.05, 3.63) is 63.6 Å². The number of carbonyl (C=O) groups excluding carboxylic acids is 1. The van der Waals surface area contributed by atoms with E-state index in [4.69, 9.17) is 4.74 Å². The summed E-state index contributed by atoms with van der Waals surface area (Å²) in [4.78, 5) is 17.4. The van der Waals surface area contributed by atoms with Crippen LogP contribution in [0.3, 0.4) is 0 Å². The number of hydrogen-bond donors (Lipinski definition) is 0. The number of ether oxygens (including phenoxy) is 1. The lowest BCUT2D eigenvalue weighted by Gasteiger charge is -2.33. The molecule has 136 valence electrons. The average Bonchev–Trinajstić information content (AvgIpc) is 3.17. The van der Waals surface area contributed by atoms with Gasteiger partial charge >= 0.3 is 0 Å². The van der Waals surface area contributed by atoms with Crippen LogP contribution in [0.2, 0.25) is 0 Å². The Labute approximate surface area is 162 Å². The van der Waals surface area contributed by atoms with Crippen molar-refractivity contribution in [3.8, 4) is 5.75 Å². The lowest BCUT2D eigenvalue weighted by atomic mass is 9.98. The molecular formula is C21H23BrN2O2. The molecule has 0 unspecified atom stereocenters. The molecule has 0 bridgehead atoms. The molecule has 1 amide bonds. The third-order valence-corrected chi connectivity index (χ3v) is 6.15. The Balaban J connectivity index is 1.42. The molecule has 0 aromatic heterocycles. The maximum absolute atomic E-state index is 12.9. The normalized spacial score (nSPS) is 20.1. The highest BCUT2D eigenvalue weighted by Crippen LogP contribution is 2.28. The van der Waals surface area contributed by atoms with Crippen LogP contribution in [0.5, 0.6) is 5.75 Å². The van der Waals surface area contributed by atoms with E-state index in [9.17, 15) is 4.79 Å². The van der Waals surface area contributed by atoms with Gasteiger partial charge in [-0.05, 0) is 58.1 Å². The van der Waals surface area contributed by atoms with E-state index in [0.717, 1.165) is 49.2 Å². The van der Waals surface area contributed by atoms with Gasteiger partial charge in [-0.3, -0.25) is 9.69 Å². The van der Waals surface area contributed by atoms with E-state index in [1.165, 1.54) is 11.1 Å². The van der Waals surface area contributed by atoms with Crippen molar-refractivity contribution in [2.24, 2.45) is 0 Å². The van der Waals surface area contributed by atoms with Crippen molar-refractivity contribution in [3.63, 3.8) is 0 Å². The van der Waals surface area contributed by atoms with Gasteiger partial charge < -0.3 is 9.64 Å². The number of amides is 1. The van der Waals surface area contributed by atoms with Gasteiger partial charge in [0, 0.05) is 37.8 Å². The fourth-order valence-electron chi connectivity index (χ4n) is 4.04. The zero-order valence-corrected chi connectivity index (χ0v) is 16.5. The van der Waals surface area contributed by atoms with Gasteiger partial charge in [-0.2, -0.15) is 0 Å². The molecule has 0 radical (unpaired) electrons. The maximum atomic E-state index is 12.9. The molecule has 1 atom stereocenters. The molecule has 4 rings (SSSR count). The first-order valence-corrected chi connectivity index (χ1v) is 9.88. The molecule has 0 aliphatic carbocycles. The molecule has 0 N–H and O–H groups in total. The summed E-state index contributed by atoms with van der Waals surface area (Å²) in [5.74, 6) is 0.848. The van der Waals surface area contributed by atoms with Gasteiger partial charge in [-0.25, -0.2) is 0 Å². The fourth-order valence-corrected chi connectivity index (χ4v) is 4.58. The summed E-state index contributed by atoms with van der Waals surface area (Å²) in [7, 11) is 1.63. The van der Waals surface area contributed by atoms with Crippen LogP contribution in [0.1, 0.15) is 27.9 Å². The molecule has 2 heterocycles. The quantitative estimate of drug-likeness (QED) is 0.766. The maximum Gasteiger partial charge on any atom is 0.253 e. The van der Waals surface area contributed by atoms with E-state index in [-0.39, 0.29) is 5.91 Å². The first-order valence-electron chi connectivity index (χ1n) is 9.09. The van der Waals surface area contributed by atoms with Crippen LogP contribution in [0, 0.1) is 0 Å². The van der Waals surface area contributed by atoms with E-state index in [0.29, 0.717) is 11.6 Å². The molecule has 26 heavy (non-hydrogen) atoms. The lowest BCUT2D eigenvalue weighted by molar-refractivity contribution is 0.0773. The van der Waals surface area contributed by atoms with Crippen LogP contribution in [0.15, 0.2) is 46.9 Å². The second-order valence-electron chi connectivity index (χ2n) is 7.03. The Morgan fingerprint density at radius 3 is 2.73 bits per heavy atom. The molecule has 2 aliphatic heterocycles. The minimum absolute atomic E-state index is 0.105. The molecule has 0 saturated carbocycles. The predicted molar refractivity (Wildman–Crippen MR) is 106 cm³/mol. The van der Waals surface area contributed by atoms with Crippen LogP contribution < -0.4 is 4.74 Å². The standard InChI is InChI=1S/C21H23BrN2O2/c1-26-20-7-6-16(12-19(20)22)21(25)24-11-9-18(14-24)23-10-8-15-4-2-3-5-17(15)13-23/h2-7,12,18H,8-11,13-14H2,1H3/t18-/m1/s1. The van der Waals surface area contributed by atoms with Crippen LogP contribution >= 0.6 is 15.9 Å². The number of benzene rings is 2. The summed E-state index contributed by atoms with van der Waals surface area (Å²) >= 11 is 3.47. The summed E-state index contributed by atoms with van der Waals surface area (Å²) in [6.45, 7) is 3.71. The number of likely N-dealkylation sites (tertiary alicyclic amines) is 1. The highest BCUT2D eigenvalue weighted by molar-refractivity contribution is 9.10. The van der Waals surface area contributed by atoms with Crippen molar-refractivity contribution >= 4 is 21.8 Å². The van der Waals surface area contributed by atoms with E-state index >= 15 is 0 Å². The van der Waals surface area contributed by atoms with Crippen LogP contribution in [-0.2, 0) is 13.0 Å². The molecule has 2 aromatic carbocycles. The summed E-state index contributed by atoms with van der Waals surface area (Å²) in [6.07, 6.45) is 2.15. The number of hydrogen-bond acceptors (Lipinski definition) is 3. The van der Waals surface area contributed by atoms with Gasteiger partial charge in [0.15, 0.2) is 0 Å². The number of halogens is 1. The van der Waals surface area contributed by atoms with Gasteiger partial charge in [0.1, 0.15) is 5.75 Å². The summed E-state index contributed by atoms with van der Waals surface area (Å²) in [6, 6.07) is 14.7. The SMILES string of the molecule is COc1ccc(C(=O)N2CC[C@@H](N3CCc4ccccc4C3)C2)cc1Br. The molecule has 4 nitrogen and oxygen atoms in total. The predicted octanol–water partition coefficient (Wildman–Crippen LogP) is 3.73. The molecule has 2 aromatic rings. The minimum Gasteiger partial charge on any atom is -0.496 e. The first kappa shape index (κ1) is 17.6. The molecular weight excluding hydrogens is 392 g/mol. The number of nitrogens with zero attached hydrogens (tertiary/aromatic N) is 2. The molecule has 1 fully saturated rings. The number of methoxy groups -OCH3 is 1. The third kappa shape index (κ3) is 3.38. The van der Waals surface area contributed by atoms with Crippen LogP contribution in [0.4, 0.5) is 0 Å². The minimum atomic E-state index is 0.105. The summed E-state index contributed by atoms with van der Waals surface area (Å²) in [5, 5.41) is 0. The van der Waals surface area contributed by atoms with Crippen molar-refractivity contribution in [2.45, 2.75) is 25.4 Å². The van der Waals surface area contributed by atoms with Crippen LogP contribution in [0.25, 0.3) is 0 Å². The monoisotopic (exact) mass is 414 g/mol. The highest BCUT2D eigenvalue weighted by Gasteiger charge is 2.32. The lowest BCUT2D eigenvalue weighted by Crippen LogP contribution is -2.41. The smallest absolute Gasteiger partial charge is 0.253 e. The number of fused-ring (bicyclic) bond motifs is 1. The fraction of sp³-hybridized carbons (Fsp3) is 0.381. The van der Waals surface area contributed by atoms with Crippen LogP contribution in [-0.4, -0.2) is 48.5 Å². The molecule has 1 saturated heterocycles. The number of rotatable bonds is 3. The van der Waals surface area contributed by atoms with Gasteiger partial charge in [-0.15, -0.1) is 0 Å². The van der Waals surface area contributed by atoms with Gasteiger partial charge in [-0.1, -0.05) is 24.3 Å². The zero-order valence-electron chi connectivity index (χ0n) is 15.0. The Hall–Kier alpha value is -1.85. The molecule has 0 spiro atoms. The summed E-state index contributed by atoms with van der Waals surface area (Å²) in [5.41, 5.74) is 3.61. The van der Waals surface area contributed by atoms with E-state index in [1.807, 2.05) is 23.1 Å². The largest absolute Gasteiger partial charge is 0.496 e. The third-order valence-electron chi connectivity index (χ3n) is 5.53. The molecule has 5 heteroatoms. The first-order chi connectivity index (χ1) is 12.7. The van der Waals surface area contributed by atoms with E-state index < -0.39 is 0 Å². The van der Waals surface area contributed by atoms with Crippen molar-refractivity contribution in [1.82, 2.24) is 9.80 Å². The molecule has 2 aliphatic rings. The van der Waals surface area contributed by atoms with Crippen molar-refractivity contribution < 1.29 is 9.53 Å². The summed E-state index contributed by atoms with van der Waals surface area (Å²) < 4.78 is 6.07. The highest BCUT2D eigenvalue weighted by atomic mass is 79.9. The average molecular weight is 415 g/mol. The second kappa shape index (κ2) is 7.41. The van der Waals surface area contributed by atoms with Gasteiger partial charge in [0.2, 0.25) is 0 Å². The second-order valence-corrected chi connectivity index (χ2v) is 7.89.